The lowest BCUT2D eigenvalue weighted by molar-refractivity contribution is -0.146. The smallest absolute Gasteiger partial charge is 0.344 e. The number of hydrogen-bond acceptors (Lipinski definition) is 4. The number of hydrogen-bond donors (Lipinski definition) is 1. The Kier molecular flexibility index (Phi) is 7.01. The molecule has 0 aliphatic heterocycles. The zero-order valence-corrected chi connectivity index (χ0v) is 14.6. The lowest BCUT2D eigenvalue weighted by atomic mass is 10.1. The van der Waals surface area contributed by atoms with Crippen LogP contribution in [0.3, 0.4) is 0 Å². The minimum absolute atomic E-state index is 0.140. The lowest BCUT2D eigenvalue weighted by Crippen LogP contribution is -2.15. The van der Waals surface area contributed by atoms with Crippen LogP contribution in [-0.2, 0) is 9.53 Å². The number of para-hydroxylation sites is 1. The molecule has 0 radical (unpaired) electrons. The van der Waals surface area contributed by atoms with Crippen molar-refractivity contribution in [2.45, 2.75) is 26.7 Å². The minimum atomic E-state index is -0.394. The Labute approximate surface area is 148 Å². The number of unbranched alkanes of at least 4 members (excludes halogenated alkanes) is 1. The van der Waals surface area contributed by atoms with Gasteiger partial charge in [0.25, 0.3) is 5.91 Å². The number of nitrogens with one attached hydrogen (secondary N) is 1. The van der Waals surface area contributed by atoms with Crippen LogP contribution in [0, 0.1) is 6.92 Å². The molecule has 0 aliphatic carbocycles. The van der Waals surface area contributed by atoms with E-state index in [4.69, 9.17) is 9.47 Å². The molecule has 0 atom stereocenters. The van der Waals surface area contributed by atoms with E-state index in [0.29, 0.717) is 17.9 Å². The molecule has 0 saturated heterocycles. The maximum atomic E-state index is 12.3. The second-order valence-corrected chi connectivity index (χ2v) is 5.66. The molecule has 5 nitrogen and oxygen atoms in total. The fourth-order valence-electron chi connectivity index (χ4n) is 2.12. The number of benzene rings is 2. The molecule has 0 aliphatic rings. The van der Waals surface area contributed by atoms with Gasteiger partial charge in [0.05, 0.1) is 6.61 Å². The number of amides is 1. The number of carbonyl (C=O) groups excluding carboxylic acids is 2. The Bertz CT molecular complexity index is 710. The molecule has 2 aromatic rings. The van der Waals surface area contributed by atoms with Gasteiger partial charge in [0.15, 0.2) is 6.61 Å². The van der Waals surface area contributed by atoms with Crippen molar-refractivity contribution < 1.29 is 19.1 Å². The van der Waals surface area contributed by atoms with E-state index in [9.17, 15) is 9.59 Å². The molecule has 0 unspecified atom stereocenters. The number of rotatable bonds is 8. The van der Waals surface area contributed by atoms with E-state index in [1.54, 1.807) is 24.3 Å². The van der Waals surface area contributed by atoms with Crippen molar-refractivity contribution >= 4 is 17.6 Å². The van der Waals surface area contributed by atoms with Crippen molar-refractivity contribution in [1.29, 1.82) is 0 Å². The van der Waals surface area contributed by atoms with Gasteiger partial charge in [0.2, 0.25) is 0 Å². The second kappa shape index (κ2) is 9.47. The quantitative estimate of drug-likeness (QED) is 0.583. The van der Waals surface area contributed by atoms with Crippen LogP contribution in [0.15, 0.2) is 48.5 Å². The monoisotopic (exact) mass is 341 g/mol. The number of ether oxygens (including phenoxy) is 2. The van der Waals surface area contributed by atoms with E-state index >= 15 is 0 Å². The third-order valence-electron chi connectivity index (χ3n) is 3.63. The molecule has 2 rings (SSSR count). The van der Waals surface area contributed by atoms with Crippen LogP contribution in [-0.4, -0.2) is 25.1 Å². The predicted octanol–water partition coefficient (Wildman–Crippen LogP) is 3.97. The summed E-state index contributed by atoms with van der Waals surface area (Å²) < 4.78 is 10.4. The van der Waals surface area contributed by atoms with Crippen LogP contribution in [0.4, 0.5) is 5.69 Å². The summed E-state index contributed by atoms with van der Waals surface area (Å²) in [6, 6.07) is 14.2. The van der Waals surface area contributed by atoms with Crippen LogP contribution in [0.5, 0.6) is 5.75 Å². The molecule has 0 bridgehead atoms. The Hall–Kier alpha value is -2.82. The first-order valence-corrected chi connectivity index (χ1v) is 8.35. The molecule has 132 valence electrons. The van der Waals surface area contributed by atoms with Crippen molar-refractivity contribution in [2.24, 2.45) is 0 Å². The number of esters is 1. The zero-order chi connectivity index (χ0) is 18.1. The average Bonchev–Trinajstić information content (AvgIpc) is 2.62. The maximum absolute atomic E-state index is 12.3. The number of carbonyl (C=O) groups is 2. The van der Waals surface area contributed by atoms with E-state index in [1.165, 1.54) is 0 Å². The summed E-state index contributed by atoms with van der Waals surface area (Å²) in [7, 11) is 0. The van der Waals surface area contributed by atoms with E-state index in [2.05, 4.69) is 5.32 Å². The number of anilines is 1. The van der Waals surface area contributed by atoms with E-state index in [1.807, 2.05) is 38.1 Å². The fourth-order valence-corrected chi connectivity index (χ4v) is 2.12. The molecule has 2 aromatic carbocycles. The van der Waals surface area contributed by atoms with Gasteiger partial charge in [-0.25, -0.2) is 4.79 Å². The van der Waals surface area contributed by atoms with Crippen LogP contribution in [0.25, 0.3) is 0 Å². The summed E-state index contributed by atoms with van der Waals surface area (Å²) in [5, 5.41) is 2.87. The van der Waals surface area contributed by atoms with Crippen molar-refractivity contribution in [3.8, 4) is 5.75 Å². The maximum Gasteiger partial charge on any atom is 0.344 e. The van der Waals surface area contributed by atoms with Gasteiger partial charge < -0.3 is 14.8 Å². The van der Waals surface area contributed by atoms with Gasteiger partial charge in [0.1, 0.15) is 5.75 Å². The highest BCUT2D eigenvalue weighted by molar-refractivity contribution is 6.04. The zero-order valence-electron chi connectivity index (χ0n) is 14.6. The highest BCUT2D eigenvalue weighted by atomic mass is 16.6. The Morgan fingerprint density at radius 3 is 2.44 bits per heavy atom. The molecule has 0 heterocycles. The standard InChI is InChI=1S/C20H23NO4/c1-3-4-13-24-19(22)14-25-17-11-9-16(10-12-17)20(23)21-18-8-6-5-7-15(18)2/h5-12H,3-4,13-14H2,1-2H3,(H,21,23). The number of aryl methyl sites for hydroxylation is 1. The molecule has 0 aromatic heterocycles. The SMILES string of the molecule is CCCCOC(=O)COc1ccc(C(=O)Nc2ccccc2C)cc1. The van der Waals surface area contributed by atoms with Crippen molar-refractivity contribution in [3.63, 3.8) is 0 Å². The summed E-state index contributed by atoms with van der Waals surface area (Å²) in [6.07, 6.45) is 1.82. The molecule has 1 amide bonds. The van der Waals surface area contributed by atoms with Gasteiger partial charge in [-0.3, -0.25) is 4.79 Å². The predicted molar refractivity (Wildman–Crippen MR) is 96.9 cm³/mol. The van der Waals surface area contributed by atoms with E-state index in [-0.39, 0.29) is 12.5 Å². The van der Waals surface area contributed by atoms with Gasteiger partial charge in [-0.05, 0) is 49.2 Å². The Morgan fingerprint density at radius 2 is 1.76 bits per heavy atom. The highest BCUT2D eigenvalue weighted by Crippen LogP contribution is 2.16. The molecular weight excluding hydrogens is 318 g/mol. The third kappa shape index (κ3) is 5.95. The Balaban J connectivity index is 1.86. The van der Waals surface area contributed by atoms with Crippen LogP contribution >= 0.6 is 0 Å². The van der Waals surface area contributed by atoms with Gasteiger partial charge in [-0.2, -0.15) is 0 Å². The largest absolute Gasteiger partial charge is 0.482 e. The fraction of sp³-hybridized carbons (Fsp3) is 0.300. The lowest BCUT2D eigenvalue weighted by Gasteiger charge is -2.09. The van der Waals surface area contributed by atoms with E-state index < -0.39 is 5.97 Å². The summed E-state index contributed by atoms with van der Waals surface area (Å²) >= 11 is 0. The average molecular weight is 341 g/mol. The molecule has 0 fully saturated rings. The molecule has 0 spiro atoms. The summed E-state index contributed by atoms with van der Waals surface area (Å²) in [5.41, 5.74) is 2.29. The third-order valence-corrected chi connectivity index (χ3v) is 3.63. The van der Waals surface area contributed by atoms with Crippen molar-refractivity contribution in [2.75, 3.05) is 18.5 Å². The normalized spacial score (nSPS) is 10.2. The van der Waals surface area contributed by atoms with Crippen LogP contribution in [0.2, 0.25) is 0 Å². The first kappa shape index (κ1) is 18.5. The van der Waals surface area contributed by atoms with Crippen LogP contribution < -0.4 is 10.1 Å². The highest BCUT2D eigenvalue weighted by Gasteiger charge is 2.08. The molecule has 0 saturated carbocycles. The second-order valence-electron chi connectivity index (χ2n) is 5.66. The molecule has 1 N–H and O–H groups in total. The molecular formula is C20H23NO4. The topological polar surface area (TPSA) is 64.6 Å². The van der Waals surface area contributed by atoms with Gasteiger partial charge in [-0.15, -0.1) is 0 Å². The van der Waals surface area contributed by atoms with Crippen molar-refractivity contribution in [1.82, 2.24) is 0 Å². The minimum Gasteiger partial charge on any atom is -0.482 e. The van der Waals surface area contributed by atoms with Crippen LogP contribution in [0.1, 0.15) is 35.7 Å². The van der Waals surface area contributed by atoms with Gasteiger partial charge >= 0.3 is 5.97 Å². The van der Waals surface area contributed by atoms with Gasteiger partial charge in [-0.1, -0.05) is 31.5 Å². The molecule has 25 heavy (non-hydrogen) atoms. The first-order chi connectivity index (χ1) is 12.1. The summed E-state index contributed by atoms with van der Waals surface area (Å²) in [4.78, 5) is 23.8. The molecule has 5 heteroatoms. The summed E-state index contributed by atoms with van der Waals surface area (Å²) in [5.74, 6) is -0.0745. The Morgan fingerprint density at radius 1 is 1.04 bits per heavy atom. The summed E-state index contributed by atoms with van der Waals surface area (Å²) in [6.45, 7) is 4.24. The first-order valence-electron chi connectivity index (χ1n) is 8.35. The van der Waals surface area contributed by atoms with Gasteiger partial charge in [0, 0.05) is 11.3 Å². The van der Waals surface area contributed by atoms with Crippen molar-refractivity contribution in [3.05, 3.63) is 59.7 Å². The van der Waals surface area contributed by atoms with E-state index in [0.717, 1.165) is 24.1 Å².